The molecule has 2 N–H and O–H groups in total. The molecule has 0 radical (unpaired) electrons. The van der Waals surface area contributed by atoms with Gasteiger partial charge in [0.05, 0.1) is 11.4 Å². The lowest BCUT2D eigenvalue weighted by molar-refractivity contribution is -0.274. The summed E-state index contributed by atoms with van der Waals surface area (Å²) in [5, 5.41) is 13.4. The molecule has 0 bridgehead atoms. The van der Waals surface area contributed by atoms with Gasteiger partial charge in [0.2, 0.25) is 12.7 Å². The number of nitrogens with zero attached hydrogens (tertiary/aromatic N) is 2. The van der Waals surface area contributed by atoms with Crippen LogP contribution in [0.3, 0.4) is 0 Å². The van der Waals surface area contributed by atoms with E-state index in [1.54, 1.807) is 0 Å². The molecule has 0 atom stereocenters. The average molecular weight is 495 g/mol. The summed E-state index contributed by atoms with van der Waals surface area (Å²) in [7, 11) is 0. The van der Waals surface area contributed by atoms with Gasteiger partial charge >= 0.3 is 6.36 Å². The van der Waals surface area contributed by atoms with E-state index < -0.39 is 18.9 Å². The summed E-state index contributed by atoms with van der Waals surface area (Å²) in [6.07, 6.45) is -4.20. The number of aromatic nitrogens is 1. The van der Waals surface area contributed by atoms with Crippen LogP contribution in [0.5, 0.6) is 17.2 Å². The van der Waals surface area contributed by atoms with Gasteiger partial charge in [-0.25, -0.2) is 4.99 Å². The number of nitrogens with one attached hydrogen (secondary N) is 1. The summed E-state index contributed by atoms with van der Waals surface area (Å²) in [5.74, 6) is 0.496. The number of fused-ring (bicyclic) bond motifs is 1. The van der Waals surface area contributed by atoms with Crippen molar-refractivity contribution in [3.63, 3.8) is 0 Å². The molecule has 0 aliphatic carbocycles. The number of halogens is 3. The Labute approximate surface area is 195 Å². The van der Waals surface area contributed by atoms with E-state index in [1.807, 2.05) is 28.1 Å². The standard InChI is InChI=1S/C22H20F3N3O5S/c23-22(24,25)33-16-5-3-15(4-6-16)27-21-28(9-1-8-26-20(30)11-29)17(12-34-21)14-2-7-18-19(10-14)32-13-31-18/h2-7,10,12,29H,1,8-9,11,13H2,(H,26,30). The maximum Gasteiger partial charge on any atom is 0.573 e. The minimum atomic E-state index is -4.76. The van der Waals surface area contributed by atoms with Crippen LogP contribution < -0.4 is 24.3 Å². The van der Waals surface area contributed by atoms with Crippen molar-refractivity contribution >= 4 is 22.9 Å². The smallest absolute Gasteiger partial charge is 0.454 e. The zero-order valence-electron chi connectivity index (χ0n) is 17.7. The highest BCUT2D eigenvalue weighted by Gasteiger charge is 2.31. The fraction of sp³-hybridized carbons (Fsp3) is 0.273. The number of carbonyl (C=O) groups excluding carboxylic acids is 1. The van der Waals surface area contributed by atoms with Crippen molar-refractivity contribution in [2.24, 2.45) is 4.99 Å². The van der Waals surface area contributed by atoms with E-state index in [-0.39, 0.29) is 12.5 Å². The molecule has 1 aliphatic heterocycles. The first kappa shape index (κ1) is 23.6. The van der Waals surface area contributed by atoms with Crippen molar-refractivity contribution in [2.45, 2.75) is 19.3 Å². The Morgan fingerprint density at radius 2 is 1.94 bits per heavy atom. The van der Waals surface area contributed by atoms with Gasteiger partial charge in [0, 0.05) is 24.0 Å². The number of hydrogen-bond donors (Lipinski definition) is 2. The molecule has 0 unspecified atom stereocenters. The predicted molar refractivity (Wildman–Crippen MR) is 117 cm³/mol. The molecule has 3 aromatic rings. The van der Waals surface area contributed by atoms with E-state index in [2.05, 4.69) is 15.0 Å². The molecule has 4 rings (SSSR count). The fourth-order valence-corrected chi connectivity index (χ4v) is 4.23. The molecule has 0 saturated heterocycles. The number of aliphatic hydroxyl groups excluding tert-OH is 1. The third-order valence-electron chi connectivity index (χ3n) is 4.79. The van der Waals surface area contributed by atoms with Crippen LogP contribution in [-0.4, -0.2) is 41.9 Å². The predicted octanol–water partition coefficient (Wildman–Crippen LogP) is 3.57. The molecule has 0 saturated carbocycles. The minimum Gasteiger partial charge on any atom is -0.454 e. The van der Waals surface area contributed by atoms with Crippen molar-refractivity contribution in [3.05, 3.63) is 52.6 Å². The molecule has 180 valence electrons. The Balaban J connectivity index is 1.63. The summed E-state index contributed by atoms with van der Waals surface area (Å²) >= 11 is 1.37. The number of thiazole rings is 1. The van der Waals surface area contributed by atoms with Gasteiger partial charge in [-0.2, -0.15) is 0 Å². The molecule has 0 spiro atoms. The number of ether oxygens (including phenoxy) is 3. The van der Waals surface area contributed by atoms with E-state index >= 15 is 0 Å². The number of hydrogen-bond acceptors (Lipinski definition) is 7. The van der Waals surface area contributed by atoms with Crippen molar-refractivity contribution < 1.29 is 37.3 Å². The topological polar surface area (TPSA) is 94.3 Å². The summed E-state index contributed by atoms with van der Waals surface area (Å²) < 4.78 is 53.9. The number of benzene rings is 2. The summed E-state index contributed by atoms with van der Waals surface area (Å²) in [6, 6.07) is 10.9. The third-order valence-corrected chi connectivity index (χ3v) is 5.65. The van der Waals surface area contributed by atoms with Crippen molar-refractivity contribution in [3.8, 4) is 28.5 Å². The second kappa shape index (κ2) is 10.2. The minimum absolute atomic E-state index is 0.154. The molecule has 1 aromatic heterocycles. The first-order chi connectivity index (χ1) is 16.3. The monoisotopic (exact) mass is 495 g/mol. The Hall–Kier alpha value is -3.51. The first-order valence-electron chi connectivity index (χ1n) is 10.2. The SMILES string of the molecule is O=C(CO)NCCCn1c(-c2ccc3c(c2)OCO3)csc1=Nc1ccc(OC(F)(F)F)cc1. The highest BCUT2D eigenvalue weighted by Crippen LogP contribution is 2.36. The molecule has 2 heterocycles. The van der Waals surface area contributed by atoms with Crippen LogP contribution in [0.15, 0.2) is 52.8 Å². The zero-order valence-corrected chi connectivity index (χ0v) is 18.5. The number of rotatable bonds is 8. The van der Waals surface area contributed by atoms with Crippen molar-refractivity contribution in [2.75, 3.05) is 19.9 Å². The number of aliphatic hydroxyl groups is 1. The van der Waals surface area contributed by atoms with Crippen LogP contribution >= 0.6 is 11.3 Å². The molecule has 1 aliphatic rings. The largest absolute Gasteiger partial charge is 0.573 e. The Morgan fingerprint density at radius 1 is 1.18 bits per heavy atom. The van der Waals surface area contributed by atoms with Crippen LogP contribution in [-0.2, 0) is 11.3 Å². The quantitative estimate of drug-likeness (QED) is 0.466. The van der Waals surface area contributed by atoms with Gasteiger partial charge in [-0.05, 0) is 48.9 Å². The van der Waals surface area contributed by atoms with Gasteiger partial charge < -0.3 is 29.2 Å². The molecule has 34 heavy (non-hydrogen) atoms. The van der Waals surface area contributed by atoms with Gasteiger partial charge in [0.1, 0.15) is 12.4 Å². The number of amides is 1. The average Bonchev–Trinajstić information content (AvgIpc) is 3.43. The second-order valence-electron chi connectivity index (χ2n) is 7.14. The van der Waals surface area contributed by atoms with Crippen LogP contribution in [0.2, 0.25) is 0 Å². The Bertz CT molecular complexity index is 1220. The van der Waals surface area contributed by atoms with E-state index in [1.165, 1.54) is 35.6 Å². The van der Waals surface area contributed by atoms with Gasteiger partial charge in [-0.15, -0.1) is 24.5 Å². The lowest BCUT2D eigenvalue weighted by Crippen LogP contribution is -2.28. The van der Waals surface area contributed by atoms with Gasteiger partial charge in [-0.1, -0.05) is 0 Å². The van der Waals surface area contributed by atoms with E-state index in [0.717, 1.165) is 11.3 Å². The molecule has 8 nitrogen and oxygen atoms in total. The van der Waals surface area contributed by atoms with E-state index in [9.17, 15) is 18.0 Å². The highest BCUT2D eigenvalue weighted by atomic mass is 32.1. The molecule has 12 heteroatoms. The summed E-state index contributed by atoms with van der Waals surface area (Å²) in [4.78, 5) is 16.5. The number of carbonyl (C=O) groups is 1. The van der Waals surface area contributed by atoms with Crippen LogP contribution in [0.25, 0.3) is 11.3 Å². The van der Waals surface area contributed by atoms with Crippen molar-refractivity contribution in [1.82, 2.24) is 9.88 Å². The Kier molecular flexibility index (Phi) is 7.08. The summed E-state index contributed by atoms with van der Waals surface area (Å²) in [5.41, 5.74) is 2.18. The third kappa shape index (κ3) is 5.88. The second-order valence-corrected chi connectivity index (χ2v) is 7.97. The number of alkyl halides is 3. The van der Waals surface area contributed by atoms with Gasteiger partial charge in [0.15, 0.2) is 16.3 Å². The first-order valence-corrected chi connectivity index (χ1v) is 11.1. The zero-order chi connectivity index (χ0) is 24.1. The van der Waals surface area contributed by atoms with Crippen molar-refractivity contribution in [1.29, 1.82) is 0 Å². The van der Waals surface area contributed by atoms with E-state index in [0.29, 0.717) is 41.5 Å². The van der Waals surface area contributed by atoms with Gasteiger partial charge in [0.25, 0.3) is 0 Å². The van der Waals surface area contributed by atoms with E-state index in [4.69, 9.17) is 14.6 Å². The normalized spacial score (nSPS) is 13.2. The molecular weight excluding hydrogens is 475 g/mol. The van der Waals surface area contributed by atoms with Crippen LogP contribution in [0, 0.1) is 0 Å². The molecule has 0 fully saturated rings. The molecule has 1 amide bonds. The van der Waals surface area contributed by atoms with Crippen LogP contribution in [0.1, 0.15) is 6.42 Å². The maximum atomic E-state index is 12.4. The molecule has 2 aromatic carbocycles. The summed E-state index contributed by atoms with van der Waals surface area (Å²) in [6.45, 7) is 0.420. The highest BCUT2D eigenvalue weighted by molar-refractivity contribution is 7.07. The van der Waals surface area contributed by atoms with Crippen LogP contribution in [0.4, 0.5) is 18.9 Å². The Morgan fingerprint density at radius 3 is 2.68 bits per heavy atom. The lowest BCUT2D eigenvalue weighted by Gasteiger charge is -2.11. The maximum absolute atomic E-state index is 12.4. The lowest BCUT2D eigenvalue weighted by atomic mass is 10.1. The molecular formula is C22H20F3N3O5S. The fourth-order valence-electron chi connectivity index (χ4n) is 3.28. The van der Waals surface area contributed by atoms with Gasteiger partial charge in [-0.3, -0.25) is 4.79 Å².